The van der Waals surface area contributed by atoms with Crippen LogP contribution in [0, 0.1) is 11.3 Å². The molecule has 3 aliphatic carbocycles. The topological polar surface area (TPSA) is 23.6 Å². The van der Waals surface area contributed by atoms with Crippen LogP contribution in [-0.2, 0) is 11.2 Å². The minimum atomic E-state index is -0.00376. The van der Waals surface area contributed by atoms with Gasteiger partial charge in [0, 0.05) is 22.7 Å². The standard InChI is InChI=1S/C18H23BrN2O/c1-20(2)15-5-3-13-7-14(19)4-6-16(13)21(11-15)17(22)18-8-12(9-18)10-18/h4,6-7,12,15H,3,5,8-11H2,1-2H3. The Balaban J connectivity index is 1.70. The fourth-order valence-corrected chi connectivity index (χ4v) is 4.79. The number of amides is 1. The summed E-state index contributed by atoms with van der Waals surface area (Å²) in [7, 11) is 4.25. The van der Waals surface area contributed by atoms with Crippen molar-refractivity contribution in [3.05, 3.63) is 28.2 Å². The Labute approximate surface area is 140 Å². The third kappa shape index (κ3) is 2.15. The molecule has 1 aliphatic heterocycles. The molecule has 0 saturated heterocycles. The lowest BCUT2D eigenvalue weighted by Gasteiger charge is -2.61. The van der Waals surface area contributed by atoms with Crippen LogP contribution in [0.3, 0.4) is 0 Å². The summed E-state index contributed by atoms with van der Waals surface area (Å²) < 4.78 is 1.10. The summed E-state index contributed by atoms with van der Waals surface area (Å²) in [6.07, 6.45) is 5.52. The van der Waals surface area contributed by atoms with Gasteiger partial charge in [-0.25, -0.2) is 0 Å². The van der Waals surface area contributed by atoms with Gasteiger partial charge in [0.15, 0.2) is 0 Å². The second-order valence-electron chi connectivity index (χ2n) is 7.60. The van der Waals surface area contributed by atoms with Crippen molar-refractivity contribution in [3.63, 3.8) is 0 Å². The van der Waals surface area contributed by atoms with Crippen molar-refractivity contribution in [2.75, 3.05) is 25.5 Å². The highest BCUT2D eigenvalue weighted by atomic mass is 79.9. The largest absolute Gasteiger partial charge is 0.310 e. The smallest absolute Gasteiger partial charge is 0.233 e. The third-order valence-electron chi connectivity index (χ3n) is 5.94. The van der Waals surface area contributed by atoms with Gasteiger partial charge in [0.05, 0.1) is 5.41 Å². The van der Waals surface area contributed by atoms with Crippen molar-refractivity contribution in [3.8, 4) is 0 Å². The fraction of sp³-hybridized carbons (Fsp3) is 0.611. The average molecular weight is 363 g/mol. The molecule has 3 saturated carbocycles. The number of halogens is 1. The van der Waals surface area contributed by atoms with Gasteiger partial charge in [0.2, 0.25) is 5.91 Å². The SMILES string of the molecule is CN(C)C1CCc2cc(Br)ccc2N(C(=O)C23CC(C2)C3)C1. The van der Waals surface area contributed by atoms with Crippen molar-refractivity contribution < 1.29 is 4.79 Å². The number of aryl methyl sites for hydroxylation is 1. The summed E-state index contributed by atoms with van der Waals surface area (Å²) in [5.74, 6) is 1.22. The zero-order valence-electron chi connectivity index (χ0n) is 13.3. The van der Waals surface area contributed by atoms with Gasteiger partial charge in [-0.15, -0.1) is 0 Å². The Morgan fingerprint density at radius 1 is 1.32 bits per heavy atom. The maximum Gasteiger partial charge on any atom is 0.233 e. The highest BCUT2D eigenvalue weighted by Crippen LogP contribution is 2.65. The molecule has 1 heterocycles. The first-order valence-corrected chi connectivity index (χ1v) is 9.05. The zero-order valence-corrected chi connectivity index (χ0v) is 14.9. The number of fused-ring (bicyclic) bond motifs is 1. The molecule has 1 aromatic rings. The first-order valence-electron chi connectivity index (χ1n) is 8.25. The number of carbonyl (C=O) groups excluding carboxylic acids is 1. The molecule has 3 fully saturated rings. The van der Waals surface area contributed by atoms with Crippen LogP contribution in [0.4, 0.5) is 5.69 Å². The van der Waals surface area contributed by atoms with E-state index in [4.69, 9.17) is 0 Å². The van der Waals surface area contributed by atoms with Crippen LogP contribution in [0.1, 0.15) is 31.2 Å². The molecule has 0 radical (unpaired) electrons. The minimum absolute atomic E-state index is 0.00376. The molecule has 5 rings (SSSR count). The van der Waals surface area contributed by atoms with Crippen LogP contribution < -0.4 is 4.90 Å². The molecule has 22 heavy (non-hydrogen) atoms. The van der Waals surface area contributed by atoms with Gasteiger partial charge in [-0.2, -0.15) is 0 Å². The summed E-state index contributed by atoms with van der Waals surface area (Å²) >= 11 is 3.58. The third-order valence-corrected chi connectivity index (χ3v) is 6.43. The van der Waals surface area contributed by atoms with Gasteiger partial charge in [-0.3, -0.25) is 4.79 Å². The average Bonchev–Trinajstić information content (AvgIpc) is 2.54. The van der Waals surface area contributed by atoms with Crippen molar-refractivity contribution >= 4 is 27.5 Å². The molecule has 1 amide bonds. The molecule has 0 spiro atoms. The number of rotatable bonds is 2. The highest BCUT2D eigenvalue weighted by molar-refractivity contribution is 9.10. The molecule has 1 unspecified atom stereocenters. The van der Waals surface area contributed by atoms with Crippen molar-refractivity contribution in [2.45, 2.75) is 38.1 Å². The summed E-state index contributed by atoms with van der Waals surface area (Å²) in [6, 6.07) is 6.82. The summed E-state index contributed by atoms with van der Waals surface area (Å²) in [4.78, 5) is 17.6. The number of hydrogen-bond donors (Lipinski definition) is 0. The molecule has 118 valence electrons. The zero-order chi connectivity index (χ0) is 15.5. The normalized spacial score (nSPS) is 32.8. The number of nitrogens with zero attached hydrogens (tertiary/aromatic N) is 2. The van der Waals surface area contributed by atoms with E-state index in [1.807, 2.05) is 0 Å². The minimum Gasteiger partial charge on any atom is -0.310 e. The molecule has 1 aromatic carbocycles. The van der Waals surface area contributed by atoms with Crippen molar-refractivity contribution in [2.24, 2.45) is 11.3 Å². The van der Waals surface area contributed by atoms with E-state index in [-0.39, 0.29) is 5.41 Å². The van der Waals surface area contributed by atoms with Crippen molar-refractivity contribution in [1.29, 1.82) is 0 Å². The van der Waals surface area contributed by atoms with Gasteiger partial charge in [-0.05, 0) is 75.9 Å². The molecule has 4 aliphatic rings. The van der Waals surface area contributed by atoms with Crippen LogP contribution >= 0.6 is 15.9 Å². The first-order chi connectivity index (χ1) is 10.5. The molecule has 3 nitrogen and oxygen atoms in total. The molecular weight excluding hydrogens is 340 g/mol. The quantitative estimate of drug-likeness (QED) is 0.804. The molecule has 0 N–H and O–H groups in total. The lowest BCUT2D eigenvalue weighted by atomic mass is 9.44. The van der Waals surface area contributed by atoms with Crippen LogP contribution in [0.2, 0.25) is 0 Å². The molecule has 2 bridgehead atoms. The van der Waals surface area contributed by atoms with Crippen LogP contribution in [-0.4, -0.2) is 37.5 Å². The van der Waals surface area contributed by atoms with Crippen LogP contribution in [0.5, 0.6) is 0 Å². The van der Waals surface area contributed by atoms with Gasteiger partial charge in [-0.1, -0.05) is 15.9 Å². The molecule has 4 heteroatoms. The Hall–Kier alpha value is -0.870. The van der Waals surface area contributed by atoms with E-state index < -0.39 is 0 Å². The first kappa shape index (κ1) is 14.7. The van der Waals surface area contributed by atoms with Gasteiger partial charge < -0.3 is 9.80 Å². The lowest BCUT2D eigenvalue weighted by molar-refractivity contribution is -0.162. The Morgan fingerprint density at radius 3 is 2.64 bits per heavy atom. The lowest BCUT2D eigenvalue weighted by Crippen LogP contribution is -2.62. The maximum atomic E-state index is 13.2. The summed E-state index contributed by atoms with van der Waals surface area (Å²) in [5, 5.41) is 0. The van der Waals surface area contributed by atoms with Gasteiger partial charge in [0.1, 0.15) is 0 Å². The predicted octanol–water partition coefficient (Wildman–Crippen LogP) is 3.46. The van der Waals surface area contributed by atoms with Gasteiger partial charge in [0.25, 0.3) is 0 Å². The fourth-order valence-electron chi connectivity index (χ4n) is 4.38. The van der Waals surface area contributed by atoms with E-state index >= 15 is 0 Å². The van der Waals surface area contributed by atoms with Crippen LogP contribution in [0.25, 0.3) is 0 Å². The number of carbonyl (C=O) groups is 1. The Morgan fingerprint density at radius 2 is 2.05 bits per heavy atom. The van der Waals surface area contributed by atoms with Crippen molar-refractivity contribution in [1.82, 2.24) is 4.90 Å². The maximum absolute atomic E-state index is 13.2. The molecular formula is C18H23BrN2O. The summed E-state index contributed by atoms with van der Waals surface area (Å²) in [6.45, 7) is 0.826. The number of benzene rings is 1. The van der Waals surface area contributed by atoms with E-state index in [2.05, 4.69) is 58.0 Å². The monoisotopic (exact) mass is 362 g/mol. The molecule has 1 atom stereocenters. The van der Waals surface area contributed by atoms with E-state index in [1.165, 1.54) is 5.56 Å². The van der Waals surface area contributed by atoms with E-state index in [0.29, 0.717) is 11.9 Å². The Bertz CT molecular complexity index is 610. The second kappa shape index (κ2) is 5.07. The Kier molecular flexibility index (Phi) is 3.39. The molecule has 0 aromatic heterocycles. The number of likely N-dealkylation sites (N-methyl/N-ethyl adjacent to an activating group) is 1. The number of anilines is 1. The summed E-state index contributed by atoms with van der Waals surface area (Å²) in [5.41, 5.74) is 2.44. The van der Waals surface area contributed by atoms with Crippen LogP contribution in [0.15, 0.2) is 22.7 Å². The number of hydrogen-bond acceptors (Lipinski definition) is 2. The van der Waals surface area contributed by atoms with E-state index in [9.17, 15) is 4.79 Å². The predicted molar refractivity (Wildman–Crippen MR) is 92.1 cm³/mol. The van der Waals surface area contributed by atoms with Gasteiger partial charge >= 0.3 is 0 Å². The van der Waals surface area contributed by atoms with E-state index in [0.717, 1.165) is 54.7 Å². The second-order valence-corrected chi connectivity index (χ2v) is 8.52. The highest BCUT2D eigenvalue weighted by Gasteiger charge is 2.62. The van der Waals surface area contributed by atoms with E-state index in [1.54, 1.807) is 0 Å².